The molecule has 1 rings (SSSR count). The van der Waals surface area contributed by atoms with Crippen LogP contribution in [0.5, 0.6) is 0 Å². The third kappa shape index (κ3) is 5.09. The lowest BCUT2D eigenvalue weighted by Gasteiger charge is -2.16. The maximum atomic E-state index is 12.3. The second-order valence-corrected chi connectivity index (χ2v) is 6.00. The summed E-state index contributed by atoms with van der Waals surface area (Å²) in [6, 6.07) is 0. The molecule has 0 spiro atoms. The van der Waals surface area contributed by atoms with Crippen molar-refractivity contribution in [2.24, 2.45) is 5.16 Å². The number of aliphatic carboxylic acids is 1. The van der Waals surface area contributed by atoms with Crippen molar-refractivity contribution in [2.75, 3.05) is 25.4 Å². The van der Waals surface area contributed by atoms with Crippen LogP contribution in [0.1, 0.15) is 19.5 Å². The van der Waals surface area contributed by atoms with E-state index in [0.29, 0.717) is 0 Å². The number of hydrogen-bond acceptors (Lipinski definition) is 8. The van der Waals surface area contributed by atoms with Crippen molar-refractivity contribution < 1.29 is 28.4 Å². The number of hydrogen-bond donors (Lipinski definition) is 2. The third-order valence-electron chi connectivity index (χ3n) is 1.96. The van der Waals surface area contributed by atoms with Crippen LogP contribution in [0, 0.1) is 0 Å². The fourth-order valence-electron chi connectivity index (χ4n) is 1.28. The van der Waals surface area contributed by atoms with E-state index < -0.39 is 13.7 Å². The molecule has 0 bridgehead atoms. The summed E-state index contributed by atoms with van der Waals surface area (Å²) in [7, 11) is -2.29. The van der Waals surface area contributed by atoms with Crippen molar-refractivity contribution in [1.29, 1.82) is 0 Å². The van der Waals surface area contributed by atoms with Crippen molar-refractivity contribution in [3.63, 3.8) is 0 Å². The zero-order valence-electron chi connectivity index (χ0n) is 11.7. The maximum absolute atomic E-state index is 12.3. The summed E-state index contributed by atoms with van der Waals surface area (Å²) in [5, 5.41) is 16.6. The highest BCUT2D eigenvalue weighted by Gasteiger charge is 2.26. The van der Waals surface area contributed by atoms with Gasteiger partial charge in [0.1, 0.15) is 12.8 Å². The minimum Gasteiger partial charge on any atom is -0.476 e. The number of nitrogens with zero attached hydrogens (tertiary/aromatic N) is 2. The molecule has 0 radical (unpaired) electrons. The average Bonchev–Trinajstić information content (AvgIpc) is 2.83. The van der Waals surface area contributed by atoms with E-state index in [0.717, 1.165) is 11.3 Å². The summed E-state index contributed by atoms with van der Waals surface area (Å²) in [6.45, 7) is 3.73. The van der Waals surface area contributed by atoms with Crippen LogP contribution in [0.2, 0.25) is 0 Å². The highest BCUT2D eigenvalue weighted by molar-refractivity contribution is 7.56. The van der Waals surface area contributed by atoms with Crippen LogP contribution in [0.25, 0.3) is 0 Å². The molecule has 0 saturated heterocycles. The molecule has 0 amide bonds. The van der Waals surface area contributed by atoms with Crippen LogP contribution in [-0.4, -0.2) is 42.1 Å². The fraction of sp³-hybridized carbons (Fsp3) is 0.500. The Morgan fingerprint density at radius 1 is 1.48 bits per heavy atom. The molecule has 21 heavy (non-hydrogen) atoms. The standard InChI is InChI=1S/C10H16N3O6PS/c1-4-18-20(16,19-5-2)13-10-11-7(6-21-10)8(9(14)15)12-17-3/h6H,4-5H2,1-3H3,(H,14,15)(H,11,13,16)/b12-8-. The summed E-state index contributed by atoms with van der Waals surface area (Å²) < 4.78 is 22.4. The molecule has 1 aromatic heterocycles. The first-order chi connectivity index (χ1) is 9.95. The summed E-state index contributed by atoms with van der Waals surface area (Å²) in [4.78, 5) is 19.5. The Morgan fingerprint density at radius 3 is 2.57 bits per heavy atom. The highest BCUT2D eigenvalue weighted by atomic mass is 32.1. The van der Waals surface area contributed by atoms with E-state index in [4.69, 9.17) is 14.2 Å². The first kappa shape index (κ1) is 17.6. The number of carboxylic acid groups (broad SMARTS) is 1. The van der Waals surface area contributed by atoms with Crippen LogP contribution in [0.4, 0.5) is 5.13 Å². The Labute approximate surface area is 125 Å². The largest absolute Gasteiger partial charge is 0.476 e. The molecule has 0 atom stereocenters. The van der Waals surface area contributed by atoms with Gasteiger partial charge in [-0.3, -0.25) is 14.1 Å². The fourth-order valence-corrected chi connectivity index (χ4v) is 3.53. The van der Waals surface area contributed by atoms with Crippen molar-refractivity contribution in [3.05, 3.63) is 11.1 Å². The molecule has 0 aromatic carbocycles. The van der Waals surface area contributed by atoms with E-state index in [2.05, 4.69) is 20.1 Å². The van der Waals surface area contributed by atoms with Crippen molar-refractivity contribution in [1.82, 2.24) is 4.98 Å². The van der Waals surface area contributed by atoms with E-state index in [1.165, 1.54) is 12.5 Å². The number of carbonyl (C=O) groups is 1. The molecule has 11 heteroatoms. The Balaban J connectivity index is 2.95. The first-order valence-corrected chi connectivity index (χ1v) is 8.35. The predicted molar refractivity (Wildman–Crippen MR) is 77.8 cm³/mol. The minimum absolute atomic E-state index is 0.0800. The summed E-state index contributed by atoms with van der Waals surface area (Å²) in [5.74, 6) is -1.29. The van der Waals surface area contributed by atoms with Gasteiger partial charge >= 0.3 is 13.7 Å². The molecule has 0 unspecified atom stereocenters. The number of aromatic nitrogens is 1. The van der Waals surface area contributed by atoms with Gasteiger partial charge in [-0.05, 0) is 13.8 Å². The van der Waals surface area contributed by atoms with Crippen molar-refractivity contribution in [2.45, 2.75) is 13.8 Å². The number of carboxylic acids is 1. The summed E-state index contributed by atoms with van der Waals surface area (Å²) in [6.07, 6.45) is 0. The second kappa shape index (κ2) is 8.08. The van der Waals surface area contributed by atoms with E-state index >= 15 is 0 Å². The monoisotopic (exact) mass is 337 g/mol. The SMILES string of the molecule is CCOP(=O)(Nc1nc(/C(=N/OC)C(=O)O)cs1)OCC. The van der Waals surface area contributed by atoms with E-state index in [-0.39, 0.29) is 29.8 Å². The van der Waals surface area contributed by atoms with Crippen LogP contribution in [-0.2, 0) is 23.2 Å². The van der Waals surface area contributed by atoms with Gasteiger partial charge in [-0.2, -0.15) is 0 Å². The quantitative estimate of drug-likeness (QED) is 0.400. The van der Waals surface area contributed by atoms with Gasteiger partial charge in [0, 0.05) is 5.38 Å². The average molecular weight is 337 g/mol. The number of nitrogens with one attached hydrogen (secondary N) is 1. The van der Waals surface area contributed by atoms with Gasteiger partial charge in [0.05, 0.1) is 13.2 Å². The first-order valence-electron chi connectivity index (χ1n) is 5.93. The Bertz CT molecular complexity index is 551. The number of anilines is 1. The Kier molecular flexibility index (Phi) is 6.76. The Hall–Kier alpha value is -1.48. The van der Waals surface area contributed by atoms with Crippen LogP contribution in [0.3, 0.4) is 0 Å². The molecule has 0 aliphatic heterocycles. The molecule has 9 nitrogen and oxygen atoms in total. The molecule has 0 aliphatic carbocycles. The zero-order chi connectivity index (χ0) is 15.9. The molecule has 0 fully saturated rings. The molecule has 1 aromatic rings. The topological polar surface area (TPSA) is 119 Å². The predicted octanol–water partition coefficient (Wildman–Crippen LogP) is 2.17. The molecule has 0 aliphatic rings. The van der Waals surface area contributed by atoms with Crippen LogP contribution in [0.15, 0.2) is 10.5 Å². The van der Waals surface area contributed by atoms with Crippen LogP contribution >= 0.6 is 19.1 Å². The van der Waals surface area contributed by atoms with Crippen molar-refractivity contribution >= 4 is 35.9 Å². The summed E-state index contributed by atoms with van der Waals surface area (Å²) >= 11 is 1.05. The lowest BCUT2D eigenvalue weighted by atomic mass is 10.3. The van der Waals surface area contributed by atoms with E-state index in [1.54, 1.807) is 13.8 Å². The lowest BCUT2D eigenvalue weighted by Crippen LogP contribution is -2.15. The van der Waals surface area contributed by atoms with Gasteiger partial charge < -0.3 is 9.94 Å². The van der Waals surface area contributed by atoms with E-state index in [1.807, 2.05) is 0 Å². The minimum atomic E-state index is -3.52. The van der Waals surface area contributed by atoms with E-state index in [9.17, 15) is 9.36 Å². The molecule has 1 heterocycles. The van der Waals surface area contributed by atoms with Crippen molar-refractivity contribution in [3.8, 4) is 0 Å². The van der Waals surface area contributed by atoms with Gasteiger partial charge in [-0.1, -0.05) is 5.16 Å². The second-order valence-electron chi connectivity index (χ2n) is 3.41. The molecule has 2 N–H and O–H groups in total. The molecular formula is C10H16N3O6PS. The molecular weight excluding hydrogens is 321 g/mol. The third-order valence-corrected chi connectivity index (χ3v) is 4.55. The summed E-state index contributed by atoms with van der Waals surface area (Å²) in [5.41, 5.74) is -0.277. The van der Waals surface area contributed by atoms with Gasteiger partial charge in [0.25, 0.3) is 0 Å². The number of thiazole rings is 1. The van der Waals surface area contributed by atoms with Gasteiger partial charge in [0.15, 0.2) is 5.13 Å². The Morgan fingerprint density at radius 2 is 2.10 bits per heavy atom. The maximum Gasteiger partial charge on any atom is 0.434 e. The number of oxime groups is 1. The molecule has 118 valence electrons. The normalized spacial score (nSPS) is 12.2. The van der Waals surface area contributed by atoms with Gasteiger partial charge in [0.2, 0.25) is 5.71 Å². The number of rotatable bonds is 9. The van der Waals surface area contributed by atoms with Crippen LogP contribution < -0.4 is 5.09 Å². The van der Waals surface area contributed by atoms with Gasteiger partial charge in [-0.15, -0.1) is 11.3 Å². The molecule has 0 saturated carbocycles. The zero-order valence-corrected chi connectivity index (χ0v) is 13.4. The van der Waals surface area contributed by atoms with Gasteiger partial charge in [-0.25, -0.2) is 14.3 Å². The highest BCUT2D eigenvalue weighted by Crippen LogP contribution is 2.48. The smallest absolute Gasteiger partial charge is 0.434 e. The lowest BCUT2D eigenvalue weighted by molar-refractivity contribution is -0.129.